The van der Waals surface area contributed by atoms with Crippen molar-refractivity contribution >= 4 is 10.2 Å². The Morgan fingerprint density at radius 3 is 2.25 bits per heavy atom. The van der Waals surface area contributed by atoms with Gasteiger partial charge in [0.05, 0.1) is 0 Å². The maximum absolute atomic E-state index is 13.0. The maximum atomic E-state index is 13.0. The van der Waals surface area contributed by atoms with Gasteiger partial charge in [0.25, 0.3) is 10.2 Å². The lowest BCUT2D eigenvalue weighted by atomic mass is 9.94. The third-order valence-corrected chi connectivity index (χ3v) is 6.80. The van der Waals surface area contributed by atoms with E-state index >= 15 is 0 Å². The Morgan fingerprint density at radius 1 is 1.10 bits per heavy atom. The molecule has 20 heavy (non-hydrogen) atoms. The lowest BCUT2D eigenvalue weighted by molar-refractivity contribution is 0.158. The minimum absolute atomic E-state index is 0.0312. The Hall–Kier alpha value is -0.170. The van der Waals surface area contributed by atoms with Gasteiger partial charge in [-0.2, -0.15) is 17.0 Å². The van der Waals surface area contributed by atoms with Gasteiger partial charge in [-0.25, -0.2) is 0 Å². The summed E-state index contributed by atoms with van der Waals surface area (Å²) >= 11 is 0. The van der Waals surface area contributed by atoms with Gasteiger partial charge in [0.2, 0.25) is 0 Å². The first-order valence-corrected chi connectivity index (χ1v) is 9.24. The van der Waals surface area contributed by atoms with Crippen molar-refractivity contribution in [1.82, 2.24) is 8.61 Å². The molecule has 0 aliphatic carbocycles. The first-order chi connectivity index (χ1) is 9.36. The summed E-state index contributed by atoms with van der Waals surface area (Å²) in [6.07, 6.45) is 4.01. The summed E-state index contributed by atoms with van der Waals surface area (Å²) in [5.74, 6) is 0.870. The van der Waals surface area contributed by atoms with Crippen LogP contribution in [0.2, 0.25) is 0 Å². The Labute approximate surface area is 123 Å². The van der Waals surface area contributed by atoms with Crippen LogP contribution in [-0.4, -0.2) is 48.7 Å². The molecule has 2 N–H and O–H groups in total. The molecule has 2 rings (SSSR count). The minimum atomic E-state index is -3.37. The van der Waals surface area contributed by atoms with Crippen molar-refractivity contribution in [2.75, 3.05) is 19.6 Å². The standard InChI is InChI=1S/C14H29N3O2S/c1-11-7-12(2)10-16(9-11)20(18,19)17-13(3)5-4-6-14(17)8-15/h11-14H,4-10,15H2,1-3H3. The molecule has 4 atom stereocenters. The Kier molecular flexibility index (Phi) is 5.10. The van der Waals surface area contributed by atoms with Crippen LogP contribution >= 0.6 is 0 Å². The molecule has 0 spiro atoms. The molecule has 2 heterocycles. The van der Waals surface area contributed by atoms with Crippen molar-refractivity contribution in [3.63, 3.8) is 0 Å². The summed E-state index contributed by atoms with van der Waals surface area (Å²) in [7, 11) is -3.37. The van der Waals surface area contributed by atoms with E-state index in [1.165, 1.54) is 0 Å². The van der Waals surface area contributed by atoms with E-state index < -0.39 is 10.2 Å². The molecule has 0 aromatic rings. The number of nitrogens with zero attached hydrogens (tertiary/aromatic N) is 2. The summed E-state index contributed by atoms with van der Waals surface area (Å²) < 4.78 is 29.4. The van der Waals surface area contributed by atoms with E-state index in [1.807, 2.05) is 6.92 Å². The first kappa shape index (κ1) is 16.2. The number of nitrogens with two attached hydrogens (primary N) is 1. The van der Waals surface area contributed by atoms with Crippen LogP contribution in [0, 0.1) is 11.8 Å². The average molecular weight is 303 g/mol. The van der Waals surface area contributed by atoms with E-state index in [1.54, 1.807) is 8.61 Å². The van der Waals surface area contributed by atoms with E-state index in [4.69, 9.17) is 5.73 Å². The monoisotopic (exact) mass is 303 g/mol. The number of rotatable bonds is 3. The lowest BCUT2D eigenvalue weighted by Crippen LogP contribution is -2.58. The van der Waals surface area contributed by atoms with Gasteiger partial charge in [-0.3, -0.25) is 0 Å². The highest BCUT2D eigenvalue weighted by Crippen LogP contribution is 2.30. The van der Waals surface area contributed by atoms with Gasteiger partial charge in [-0.15, -0.1) is 0 Å². The Balaban J connectivity index is 2.23. The van der Waals surface area contributed by atoms with Crippen LogP contribution in [0.3, 0.4) is 0 Å². The van der Waals surface area contributed by atoms with Crippen LogP contribution in [0.1, 0.15) is 46.5 Å². The zero-order valence-corrected chi connectivity index (χ0v) is 13.8. The predicted octanol–water partition coefficient (Wildman–Crippen LogP) is 1.41. The van der Waals surface area contributed by atoms with E-state index in [2.05, 4.69) is 13.8 Å². The fraction of sp³-hybridized carbons (Fsp3) is 1.00. The van der Waals surface area contributed by atoms with Gasteiger partial charge in [0.1, 0.15) is 0 Å². The van der Waals surface area contributed by atoms with E-state index in [-0.39, 0.29) is 12.1 Å². The van der Waals surface area contributed by atoms with Crippen molar-refractivity contribution in [3.8, 4) is 0 Å². The lowest BCUT2D eigenvalue weighted by Gasteiger charge is -2.44. The third kappa shape index (κ3) is 3.18. The second-order valence-electron chi connectivity index (χ2n) is 6.77. The van der Waals surface area contributed by atoms with Crippen molar-refractivity contribution in [2.24, 2.45) is 17.6 Å². The van der Waals surface area contributed by atoms with Crippen molar-refractivity contribution < 1.29 is 8.42 Å². The molecule has 0 radical (unpaired) electrons. The summed E-state index contributed by atoms with van der Waals surface area (Å²) in [5, 5.41) is 0. The fourth-order valence-electron chi connectivity index (χ4n) is 3.83. The molecule has 2 aliphatic heterocycles. The van der Waals surface area contributed by atoms with Gasteiger partial charge in [0.15, 0.2) is 0 Å². The van der Waals surface area contributed by atoms with E-state index in [9.17, 15) is 8.42 Å². The fourth-order valence-corrected chi connectivity index (χ4v) is 6.11. The van der Waals surface area contributed by atoms with Crippen molar-refractivity contribution in [1.29, 1.82) is 0 Å². The van der Waals surface area contributed by atoms with E-state index in [0.29, 0.717) is 31.5 Å². The largest absolute Gasteiger partial charge is 0.329 e. The van der Waals surface area contributed by atoms with Gasteiger partial charge in [-0.1, -0.05) is 20.3 Å². The normalized spacial score (nSPS) is 38.0. The molecule has 4 unspecified atom stereocenters. The molecule has 0 aromatic heterocycles. The molecule has 118 valence electrons. The minimum Gasteiger partial charge on any atom is -0.329 e. The summed E-state index contributed by atoms with van der Waals surface area (Å²) in [4.78, 5) is 0. The van der Waals surface area contributed by atoms with Crippen LogP contribution < -0.4 is 5.73 Å². The van der Waals surface area contributed by atoms with Crippen LogP contribution in [0.15, 0.2) is 0 Å². The summed E-state index contributed by atoms with van der Waals surface area (Å²) in [6.45, 7) is 8.00. The molecule has 2 saturated heterocycles. The maximum Gasteiger partial charge on any atom is 0.282 e. The van der Waals surface area contributed by atoms with Crippen molar-refractivity contribution in [3.05, 3.63) is 0 Å². The molecule has 0 amide bonds. The molecule has 5 nitrogen and oxygen atoms in total. The van der Waals surface area contributed by atoms with E-state index in [0.717, 1.165) is 25.7 Å². The Bertz CT molecular complexity index is 416. The Morgan fingerprint density at radius 2 is 1.70 bits per heavy atom. The third-order valence-electron chi connectivity index (χ3n) is 4.65. The van der Waals surface area contributed by atoms with Crippen LogP contribution in [0.25, 0.3) is 0 Å². The molecule has 2 aliphatic rings. The average Bonchev–Trinajstić information content (AvgIpc) is 2.36. The quantitative estimate of drug-likeness (QED) is 0.857. The summed E-state index contributed by atoms with van der Waals surface area (Å²) in [5.41, 5.74) is 5.81. The predicted molar refractivity (Wildman–Crippen MR) is 81.4 cm³/mol. The molecule has 0 bridgehead atoms. The number of hydrogen-bond acceptors (Lipinski definition) is 3. The molecular weight excluding hydrogens is 274 g/mol. The number of hydrogen-bond donors (Lipinski definition) is 1. The highest BCUT2D eigenvalue weighted by atomic mass is 32.2. The second-order valence-corrected chi connectivity index (χ2v) is 8.60. The van der Waals surface area contributed by atoms with Crippen molar-refractivity contribution in [2.45, 2.75) is 58.5 Å². The van der Waals surface area contributed by atoms with Crippen LogP contribution in [0.5, 0.6) is 0 Å². The van der Waals surface area contributed by atoms with Gasteiger partial charge >= 0.3 is 0 Å². The second kappa shape index (κ2) is 6.30. The topological polar surface area (TPSA) is 66.6 Å². The first-order valence-electron chi connectivity index (χ1n) is 7.85. The molecule has 0 saturated carbocycles. The summed E-state index contributed by atoms with van der Waals surface area (Å²) in [6, 6.07) is 0.0335. The van der Waals surface area contributed by atoms with Gasteiger partial charge < -0.3 is 5.73 Å². The zero-order valence-electron chi connectivity index (χ0n) is 13.0. The zero-order chi connectivity index (χ0) is 14.9. The molecule has 6 heteroatoms. The SMILES string of the molecule is CC1CC(C)CN(S(=O)(=O)N2C(C)CCCC2CN)C1. The van der Waals surface area contributed by atoms with Crippen LogP contribution in [-0.2, 0) is 10.2 Å². The highest BCUT2D eigenvalue weighted by molar-refractivity contribution is 7.86. The van der Waals surface area contributed by atoms with Gasteiger partial charge in [-0.05, 0) is 38.0 Å². The highest BCUT2D eigenvalue weighted by Gasteiger charge is 2.41. The molecular formula is C14H29N3O2S. The molecule has 0 aromatic carbocycles. The number of piperidine rings is 2. The smallest absolute Gasteiger partial charge is 0.282 e. The van der Waals surface area contributed by atoms with Crippen LogP contribution in [0.4, 0.5) is 0 Å². The molecule has 2 fully saturated rings. The van der Waals surface area contributed by atoms with Gasteiger partial charge in [0, 0.05) is 31.7 Å².